The third-order valence-corrected chi connectivity index (χ3v) is 12.5. The van der Waals surface area contributed by atoms with E-state index < -0.39 is 0 Å². The Balaban J connectivity index is 1.22. The quantitative estimate of drug-likeness (QED) is 0.336. The maximum absolute atomic E-state index is 6.37. The largest absolute Gasteiger partial charge is 0.296 e. The van der Waals surface area contributed by atoms with Crippen molar-refractivity contribution >= 4 is 11.6 Å². The van der Waals surface area contributed by atoms with Crippen LogP contribution in [0.1, 0.15) is 118 Å². The Kier molecular flexibility index (Phi) is 8.62. The highest BCUT2D eigenvalue weighted by Crippen LogP contribution is 2.54. The van der Waals surface area contributed by atoms with Gasteiger partial charge in [-0.05, 0) is 130 Å². The summed E-state index contributed by atoms with van der Waals surface area (Å²) in [6.45, 7) is 11.2. The van der Waals surface area contributed by atoms with Crippen molar-refractivity contribution in [1.82, 2.24) is 4.90 Å². The molecule has 0 spiro atoms. The molecule has 0 amide bonds. The molecule has 0 radical (unpaired) electrons. The molecule has 5 rings (SSSR count). The van der Waals surface area contributed by atoms with Crippen molar-refractivity contribution in [2.75, 3.05) is 12.4 Å². The first-order chi connectivity index (χ1) is 16.4. The van der Waals surface area contributed by atoms with Crippen molar-refractivity contribution in [3.63, 3.8) is 0 Å². The normalized spacial score (nSPS) is 50.0. The molecule has 1 aliphatic heterocycles. The summed E-state index contributed by atoms with van der Waals surface area (Å²) in [6.07, 6.45) is 21.1. The molecule has 4 saturated carbocycles. The second-order valence-electron chi connectivity index (χ2n) is 14.5. The van der Waals surface area contributed by atoms with Crippen LogP contribution in [0, 0.1) is 59.2 Å². The summed E-state index contributed by atoms with van der Waals surface area (Å²) < 4.78 is 0. The molecule has 196 valence electrons. The SMILES string of the molecule is CC1CCC(CC2CCC3C(C2)C2CC(CC4CCC(C)C(C)C4)CCC2N3CCCl)C(C)C1. The van der Waals surface area contributed by atoms with Gasteiger partial charge in [0.1, 0.15) is 0 Å². The molecule has 0 aromatic rings. The molecule has 0 bridgehead atoms. The first-order valence-electron chi connectivity index (χ1n) is 15.7. The summed E-state index contributed by atoms with van der Waals surface area (Å²) in [6, 6.07) is 1.73. The number of fused-ring (bicyclic) bond motifs is 3. The summed E-state index contributed by atoms with van der Waals surface area (Å²) in [5, 5.41) is 0. The van der Waals surface area contributed by atoms with Gasteiger partial charge in [0.2, 0.25) is 0 Å². The number of alkyl halides is 1. The lowest BCUT2D eigenvalue weighted by atomic mass is 9.64. The van der Waals surface area contributed by atoms with Crippen molar-refractivity contribution in [3.8, 4) is 0 Å². The summed E-state index contributed by atoms with van der Waals surface area (Å²) in [4.78, 5) is 2.95. The van der Waals surface area contributed by atoms with E-state index in [0.717, 1.165) is 83.7 Å². The fourth-order valence-corrected chi connectivity index (χ4v) is 10.5. The van der Waals surface area contributed by atoms with Gasteiger partial charge in [-0.2, -0.15) is 0 Å². The zero-order valence-corrected chi connectivity index (χ0v) is 23.8. The molecule has 12 unspecified atom stereocenters. The van der Waals surface area contributed by atoms with Gasteiger partial charge in [0.05, 0.1) is 0 Å². The van der Waals surface area contributed by atoms with Gasteiger partial charge in [-0.25, -0.2) is 0 Å². The zero-order valence-electron chi connectivity index (χ0n) is 23.1. The Hall–Kier alpha value is 0.250. The molecule has 5 aliphatic rings. The Bertz CT molecular complexity index is 649. The highest BCUT2D eigenvalue weighted by atomic mass is 35.5. The minimum atomic E-state index is 0.829. The Morgan fingerprint density at radius 1 is 0.588 bits per heavy atom. The molecule has 1 nitrogen and oxygen atoms in total. The zero-order chi connectivity index (χ0) is 23.8. The maximum atomic E-state index is 6.37. The van der Waals surface area contributed by atoms with Crippen molar-refractivity contribution in [2.45, 2.75) is 130 Å². The van der Waals surface area contributed by atoms with Gasteiger partial charge in [0, 0.05) is 24.5 Å². The number of likely N-dealkylation sites (tertiary alicyclic amines) is 1. The lowest BCUT2D eigenvalue weighted by molar-refractivity contribution is 0.105. The van der Waals surface area contributed by atoms with E-state index >= 15 is 0 Å². The average Bonchev–Trinajstić information content (AvgIpc) is 3.11. The van der Waals surface area contributed by atoms with E-state index in [0.29, 0.717) is 0 Å². The van der Waals surface area contributed by atoms with Crippen LogP contribution in [0.5, 0.6) is 0 Å². The molecule has 2 heteroatoms. The highest BCUT2D eigenvalue weighted by Gasteiger charge is 2.52. The minimum absolute atomic E-state index is 0.829. The molecule has 4 aliphatic carbocycles. The monoisotopic (exact) mass is 489 g/mol. The van der Waals surface area contributed by atoms with Gasteiger partial charge < -0.3 is 0 Å². The standard InChI is InChI=1S/C32H56ClN/c1-21-5-10-28(24(4)15-21)18-27-9-12-32-30(20-27)29-19-26(8-11-31(29)34(32)14-13-33)17-25-7-6-22(2)23(3)16-25/h21-32H,5-20H2,1-4H3. The fraction of sp³-hybridized carbons (Fsp3) is 1.00. The van der Waals surface area contributed by atoms with Crippen molar-refractivity contribution in [1.29, 1.82) is 0 Å². The predicted octanol–water partition coefficient (Wildman–Crippen LogP) is 9.04. The van der Waals surface area contributed by atoms with Crippen LogP contribution < -0.4 is 0 Å². The van der Waals surface area contributed by atoms with E-state index in [9.17, 15) is 0 Å². The number of halogens is 1. The topological polar surface area (TPSA) is 3.24 Å². The van der Waals surface area contributed by atoms with Gasteiger partial charge in [-0.15, -0.1) is 11.6 Å². The lowest BCUT2D eigenvalue weighted by Crippen LogP contribution is -2.42. The van der Waals surface area contributed by atoms with Crippen LogP contribution in [0.4, 0.5) is 0 Å². The number of nitrogens with zero attached hydrogens (tertiary/aromatic N) is 1. The van der Waals surface area contributed by atoms with E-state index in [1.807, 2.05) is 0 Å². The average molecular weight is 490 g/mol. The molecule has 1 saturated heterocycles. The van der Waals surface area contributed by atoms with Crippen molar-refractivity contribution < 1.29 is 0 Å². The van der Waals surface area contributed by atoms with Crippen molar-refractivity contribution in [3.05, 3.63) is 0 Å². The molecule has 0 N–H and O–H groups in total. The lowest BCUT2D eigenvalue weighted by Gasteiger charge is -2.41. The summed E-state index contributed by atoms with van der Waals surface area (Å²) in [7, 11) is 0. The molecule has 12 atom stereocenters. The van der Waals surface area contributed by atoms with Crippen molar-refractivity contribution in [2.24, 2.45) is 59.2 Å². The second kappa shape index (κ2) is 11.3. The molecule has 5 fully saturated rings. The van der Waals surface area contributed by atoms with Gasteiger partial charge in [-0.3, -0.25) is 4.90 Å². The van der Waals surface area contributed by atoms with Crippen LogP contribution in [-0.2, 0) is 0 Å². The molecule has 34 heavy (non-hydrogen) atoms. The van der Waals surface area contributed by atoms with Crippen LogP contribution in [0.15, 0.2) is 0 Å². The van der Waals surface area contributed by atoms with Crippen LogP contribution in [0.25, 0.3) is 0 Å². The van der Waals surface area contributed by atoms with Gasteiger partial charge >= 0.3 is 0 Å². The van der Waals surface area contributed by atoms with E-state index in [1.54, 1.807) is 25.7 Å². The summed E-state index contributed by atoms with van der Waals surface area (Å²) in [5.41, 5.74) is 0. The Labute approximate surface area is 217 Å². The van der Waals surface area contributed by atoms with Gasteiger partial charge in [-0.1, -0.05) is 47.0 Å². The molecule has 0 aromatic carbocycles. The third kappa shape index (κ3) is 5.56. The second-order valence-corrected chi connectivity index (χ2v) is 14.9. The Morgan fingerprint density at radius 3 is 1.82 bits per heavy atom. The number of rotatable bonds is 6. The van der Waals surface area contributed by atoms with Crippen LogP contribution >= 0.6 is 11.6 Å². The Morgan fingerprint density at radius 2 is 1.21 bits per heavy atom. The number of hydrogen-bond acceptors (Lipinski definition) is 1. The van der Waals surface area contributed by atoms with E-state index in [4.69, 9.17) is 11.6 Å². The molecular formula is C32H56ClN. The van der Waals surface area contributed by atoms with Gasteiger partial charge in [0.25, 0.3) is 0 Å². The third-order valence-electron chi connectivity index (χ3n) is 12.3. The van der Waals surface area contributed by atoms with E-state index in [2.05, 4.69) is 32.6 Å². The molecule has 1 heterocycles. The highest BCUT2D eigenvalue weighted by molar-refractivity contribution is 6.18. The van der Waals surface area contributed by atoms with Crippen LogP contribution in [0.3, 0.4) is 0 Å². The predicted molar refractivity (Wildman–Crippen MR) is 147 cm³/mol. The number of hydrogen-bond donors (Lipinski definition) is 0. The molecule has 0 aromatic heterocycles. The van der Waals surface area contributed by atoms with Crippen LogP contribution in [-0.4, -0.2) is 29.4 Å². The summed E-state index contributed by atoms with van der Waals surface area (Å²) in [5.74, 6) is 10.7. The first-order valence-corrected chi connectivity index (χ1v) is 16.3. The maximum Gasteiger partial charge on any atom is 0.0351 e. The van der Waals surface area contributed by atoms with Gasteiger partial charge in [0.15, 0.2) is 0 Å². The van der Waals surface area contributed by atoms with E-state index in [-0.39, 0.29) is 0 Å². The molecular weight excluding hydrogens is 434 g/mol. The van der Waals surface area contributed by atoms with E-state index in [1.165, 1.54) is 64.2 Å². The first kappa shape index (κ1) is 25.9. The van der Waals surface area contributed by atoms with Crippen LogP contribution in [0.2, 0.25) is 0 Å². The summed E-state index contributed by atoms with van der Waals surface area (Å²) >= 11 is 6.37. The smallest absolute Gasteiger partial charge is 0.0351 e. The fourth-order valence-electron chi connectivity index (χ4n) is 10.3. The minimum Gasteiger partial charge on any atom is -0.296 e.